The number of nitrogens with zero attached hydrogens (tertiary/aromatic N) is 2. The molecule has 4 rings (SSSR count). The van der Waals surface area contributed by atoms with Crippen molar-refractivity contribution in [2.45, 2.75) is 18.7 Å². The van der Waals surface area contributed by atoms with Crippen LogP contribution in [0.1, 0.15) is 28.8 Å². The third-order valence-corrected chi connectivity index (χ3v) is 6.37. The summed E-state index contributed by atoms with van der Waals surface area (Å²) >= 11 is 6.57. The fourth-order valence-corrected chi connectivity index (χ4v) is 4.55. The second kappa shape index (κ2) is 10.3. The van der Waals surface area contributed by atoms with Gasteiger partial charge in [0, 0.05) is 37.7 Å². The highest BCUT2D eigenvalue weighted by atomic mass is 35.5. The van der Waals surface area contributed by atoms with Crippen molar-refractivity contribution < 1.29 is 9.84 Å². The predicted molar refractivity (Wildman–Crippen MR) is 125 cm³/mol. The molecule has 3 aromatic carbocycles. The zero-order chi connectivity index (χ0) is 21.6. The molecule has 0 unspecified atom stereocenters. The van der Waals surface area contributed by atoms with E-state index in [4.69, 9.17) is 16.3 Å². The van der Waals surface area contributed by atoms with E-state index in [1.165, 1.54) is 5.56 Å². The minimum absolute atomic E-state index is 0.181. The molecule has 1 heterocycles. The van der Waals surface area contributed by atoms with Gasteiger partial charge in [-0.1, -0.05) is 72.3 Å². The summed E-state index contributed by atoms with van der Waals surface area (Å²) in [5.74, 6) is 0.881. The minimum atomic E-state index is -0.644. The van der Waals surface area contributed by atoms with Gasteiger partial charge in [0.1, 0.15) is 5.75 Å². The summed E-state index contributed by atoms with van der Waals surface area (Å²) in [5.41, 5.74) is 3.17. The Bertz CT molecular complexity index is 957. The van der Waals surface area contributed by atoms with Gasteiger partial charge in [-0.25, -0.2) is 0 Å². The van der Waals surface area contributed by atoms with E-state index in [2.05, 4.69) is 21.9 Å². The third kappa shape index (κ3) is 5.28. The molecule has 4 nitrogen and oxygen atoms in total. The molecule has 1 aliphatic heterocycles. The number of aliphatic hydroxyl groups excluding tert-OH is 1. The van der Waals surface area contributed by atoms with Crippen LogP contribution in [0.25, 0.3) is 0 Å². The van der Waals surface area contributed by atoms with Gasteiger partial charge < -0.3 is 9.84 Å². The van der Waals surface area contributed by atoms with Crippen LogP contribution in [0.3, 0.4) is 0 Å². The molecule has 31 heavy (non-hydrogen) atoms. The maximum Gasteiger partial charge on any atom is 0.118 e. The summed E-state index contributed by atoms with van der Waals surface area (Å²) in [6, 6.07) is 25.8. The lowest BCUT2D eigenvalue weighted by Crippen LogP contribution is -2.48. The molecular weight excluding hydrogens is 408 g/mol. The summed E-state index contributed by atoms with van der Waals surface area (Å²) in [6.07, 6.45) is -0.644. The minimum Gasteiger partial charge on any atom is -0.497 e. The van der Waals surface area contributed by atoms with E-state index in [0.29, 0.717) is 5.02 Å². The molecule has 0 bridgehead atoms. The van der Waals surface area contributed by atoms with Crippen LogP contribution in [0.4, 0.5) is 0 Å². The number of benzene rings is 3. The number of ether oxygens (including phenoxy) is 1. The first-order chi connectivity index (χ1) is 15.2. The van der Waals surface area contributed by atoms with Crippen LogP contribution in [0.15, 0.2) is 78.9 Å². The Morgan fingerprint density at radius 1 is 0.871 bits per heavy atom. The van der Waals surface area contributed by atoms with E-state index in [1.54, 1.807) is 7.11 Å². The number of methoxy groups -OCH3 is 1. The van der Waals surface area contributed by atoms with Crippen molar-refractivity contribution in [2.24, 2.45) is 0 Å². The van der Waals surface area contributed by atoms with E-state index in [0.717, 1.165) is 49.6 Å². The molecule has 2 atom stereocenters. The maximum absolute atomic E-state index is 11.3. The van der Waals surface area contributed by atoms with Crippen molar-refractivity contribution in [1.82, 2.24) is 9.80 Å². The Hall–Kier alpha value is -2.37. The van der Waals surface area contributed by atoms with Crippen LogP contribution in [-0.2, 0) is 6.54 Å². The number of piperazine rings is 1. The highest BCUT2D eigenvalue weighted by Crippen LogP contribution is 2.38. The quantitative estimate of drug-likeness (QED) is 0.569. The van der Waals surface area contributed by atoms with Crippen LogP contribution in [0, 0.1) is 0 Å². The van der Waals surface area contributed by atoms with E-state index in [-0.39, 0.29) is 6.04 Å². The molecule has 0 spiro atoms. The number of hydrogen-bond donors (Lipinski definition) is 1. The second-order valence-corrected chi connectivity index (χ2v) is 8.39. The first kappa shape index (κ1) is 21.8. The van der Waals surface area contributed by atoms with Crippen LogP contribution in [-0.4, -0.2) is 48.2 Å². The number of aliphatic hydroxyl groups is 1. The monoisotopic (exact) mass is 436 g/mol. The van der Waals surface area contributed by atoms with E-state index in [1.807, 2.05) is 66.7 Å². The molecule has 1 saturated heterocycles. The van der Waals surface area contributed by atoms with Crippen LogP contribution < -0.4 is 4.74 Å². The molecule has 0 saturated carbocycles. The van der Waals surface area contributed by atoms with Gasteiger partial charge in [0.25, 0.3) is 0 Å². The van der Waals surface area contributed by atoms with Gasteiger partial charge in [0.15, 0.2) is 0 Å². The van der Waals surface area contributed by atoms with Gasteiger partial charge in [-0.3, -0.25) is 9.80 Å². The zero-order valence-electron chi connectivity index (χ0n) is 17.8. The van der Waals surface area contributed by atoms with E-state index >= 15 is 0 Å². The largest absolute Gasteiger partial charge is 0.497 e. The standard InChI is InChI=1S/C26H29ClN2O2/c1-31-22-13-11-20(12-14-22)19-28-15-17-29(18-16-28)25(23-9-5-6-10-24(23)27)26(30)21-7-3-2-4-8-21/h2-14,25-26,30H,15-19H2,1H3/t25-,26+/m0/s1. The van der Waals surface area contributed by atoms with Gasteiger partial charge in [0.05, 0.1) is 19.3 Å². The molecule has 0 aromatic heterocycles. The SMILES string of the molecule is COc1ccc(CN2CCN([C@@H](c3ccccc3Cl)[C@H](O)c3ccccc3)CC2)cc1. The van der Waals surface area contributed by atoms with Crippen molar-refractivity contribution in [1.29, 1.82) is 0 Å². The Labute approximate surface area is 189 Å². The Kier molecular flexibility index (Phi) is 7.25. The molecule has 1 N–H and O–H groups in total. The second-order valence-electron chi connectivity index (χ2n) is 7.98. The Morgan fingerprint density at radius 3 is 2.16 bits per heavy atom. The smallest absolute Gasteiger partial charge is 0.118 e. The molecule has 0 radical (unpaired) electrons. The Balaban J connectivity index is 1.48. The highest BCUT2D eigenvalue weighted by molar-refractivity contribution is 6.31. The summed E-state index contributed by atoms with van der Waals surface area (Å²) in [7, 11) is 1.69. The van der Waals surface area contributed by atoms with Crippen LogP contribution in [0.2, 0.25) is 5.02 Å². The fraction of sp³-hybridized carbons (Fsp3) is 0.308. The topological polar surface area (TPSA) is 35.9 Å². The average Bonchev–Trinajstić information content (AvgIpc) is 2.82. The maximum atomic E-state index is 11.3. The van der Waals surface area contributed by atoms with Gasteiger partial charge >= 0.3 is 0 Å². The van der Waals surface area contributed by atoms with Crippen LogP contribution in [0.5, 0.6) is 5.75 Å². The summed E-state index contributed by atoms with van der Waals surface area (Å²) < 4.78 is 5.26. The normalized spacial score (nSPS) is 17.3. The molecule has 0 aliphatic carbocycles. The molecule has 1 aliphatic rings. The molecule has 1 fully saturated rings. The van der Waals surface area contributed by atoms with E-state index in [9.17, 15) is 5.11 Å². The third-order valence-electron chi connectivity index (χ3n) is 6.03. The van der Waals surface area contributed by atoms with Crippen molar-refractivity contribution >= 4 is 11.6 Å². The lowest BCUT2D eigenvalue weighted by atomic mass is 9.93. The highest BCUT2D eigenvalue weighted by Gasteiger charge is 2.32. The molecule has 162 valence electrons. The van der Waals surface area contributed by atoms with Crippen molar-refractivity contribution in [3.8, 4) is 5.75 Å². The zero-order valence-corrected chi connectivity index (χ0v) is 18.6. The molecule has 0 amide bonds. The summed E-state index contributed by atoms with van der Waals surface area (Å²) in [6.45, 7) is 4.53. The summed E-state index contributed by atoms with van der Waals surface area (Å²) in [4.78, 5) is 4.82. The van der Waals surface area contributed by atoms with Gasteiger partial charge in [-0.15, -0.1) is 0 Å². The Morgan fingerprint density at radius 2 is 1.52 bits per heavy atom. The number of hydrogen-bond acceptors (Lipinski definition) is 4. The fourth-order valence-electron chi connectivity index (χ4n) is 4.30. The first-order valence-corrected chi connectivity index (χ1v) is 11.1. The molecule has 5 heteroatoms. The number of rotatable bonds is 7. The lowest BCUT2D eigenvalue weighted by molar-refractivity contribution is 0.0149. The lowest BCUT2D eigenvalue weighted by Gasteiger charge is -2.41. The van der Waals surface area contributed by atoms with Gasteiger partial charge in [-0.2, -0.15) is 0 Å². The predicted octanol–water partition coefficient (Wildman–Crippen LogP) is 4.94. The van der Waals surface area contributed by atoms with Crippen molar-refractivity contribution in [3.05, 3.63) is 101 Å². The van der Waals surface area contributed by atoms with Crippen LogP contribution >= 0.6 is 11.6 Å². The summed E-state index contributed by atoms with van der Waals surface area (Å²) in [5, 5.41) is 12.0. The average molecular weight is 437 g/mol. The van der Waals surface area contributed by atoms with Crippen molar-refractivity contribution in [3.63, 3.8) is 0 Å². The molecular formula is C26H29ClN2O2. The van der Waals surface area contributed by atoms with Gasteiger partial charge in [-0.05, 0) is 34.9 Å². The first-order valence-electron chi connectivity index (χ1n) is 10.7. The number of halogens is 1. The molecule has 3 aromatic rings. The van der Waals surface area contributed by atoms with Crippen molar-refractivity contribution in [2.75, 3.05) is 33.3 Å². The van der Waals surface area contributed by atoms with Gasteiger partial charge in [0.2, 0.25) is 0 Å². The van der Waals surface area contributed by atoms with E-state index < -0.39 is 6.10 Å².